The molecule has 0 unspecified atom stereocenters. The average Bonchev–Trinajstić information content (AvgIpc) is 2.45. The summed E-state index contributed by atoms with van der Waals surface area (Å²) in [7, 11) is 0. The van der Waals surface area contributed by atoms with Gasteiger partial charge >= 0.3 is 0 Å². The van der Waals surface area contributed by atoms with Gasteiger partial charge in [-0.2, -0.15) is 0 Å². The second kappa shape index (κ2) is 8.34. The van der Waals surface area contributed by atoms with Gasteiger partial charge in [0.15, 0.2) is 0 Å². The number of nitrogens with one attached hydrogen (secondary N) is 1. The minimum absolute atomic E-state index is 0.677. The second-order valence-electron chi connectivity index (χ2n) is 4.89. The molecule has 0 fully saturated rings. The minimum Gasteiger partial charge on any atom is -0.439 e. The number of benzene rings is 1. The van der Waals surface area contributed by atoms with Crippen molar-refractivity contribution in [3.8, 4) is 11.6 Å². The number of ether oxygens (including phenoxy) is 1. The molecule has 2 rings (SSSR count). The van der Waals surface area contributed by atoms with Crippen LogP contribution in [-0.2, 0) is 13.0 Å². The highest BCUT2D eigenvalue weighted by atomic mass is 127. The Balaban J connectivity index is 2.22. The first-order valence-corrected chi connectivity index (χ1v) is 8.43. The van der Waals surface area contributed by atoms with E-state index < -0.39 is 0 Å². The molecule has 2 aromatic rings. The molecule has 1 aromatic heterocycles. The SMILES string of the molecule is CCCc1cc(CNCC)cc(Oc2cccc(I)c2)n1. The van der Waals surface area contributed by atoms with Crippen molar-refractivity contribution in [1.82, 2.24) is 10.3 Å². The Morgan fingerprint density at radius 2 is 2.05 bits per heavy atom. The number of nitrogens with zero attached hydrogens (tertiary/aromatic N) is 1. The molecule has 3 nitrogen and oxygen atoms in total. The molecule has 0 aliphatic rings. The van der Waals surface area contributed by atoms with E-state index in [4.69, 9.17) is 4.74 Å². The Labute approximate surface area is 140 Å². The third-order valence-corrected chi connectivity index (χ3v) is 3.69. The molecule has 0 spiro atoms. The zero-order valence-electron chi connectivity index (χ0n) is 12.5. The Hall–Kier alpha value is -1.14. The number of aryl methyl sites for hydroxylation is 1. The summed E-state index contributed by atoms with van der Waals surface area (Å²) in [5.41, 5.74) is 2.31. The second-order valence-corrected chi connectivity index (χ2v) is 6.14. The number of hydrogen-bond acceptors (Lipinski definition) is 3. The molecule has 1 aromatic carbocycles. The predicted octanol–water partition coefficient (Wildman–Crippen LogP) is 4.54. The molecule has 0 atom stereocenters. The van der Waals surface area contributed by atoms with Gasteiger partial charge in [0, 0.05) is 21.9 Å². The van der Waals surface area contributed by atoms with Gasteiger partial charge in [-0.3, -0.25) is 0 Å². The maximum absolute atomic E-state index is 5.92. The van der Waals surface area contributed by atoms with Gasteiger partial charge in [-0.25, -0.2) is 4.98 Å². The molecule has 21 heavy (non-hydrogen) atoms. The number of rotatable bonds is 7. The predicted molar refractivity (Wildman–Crippen MR) is 94.8 cm³/mol. The fraction of sp³-hybridized carbons (Fsp3) is 0.353. The molecule has 4 heteroatoms. The van der Waals surface area contributed by atoms with Crippen LogP contribution in [0.4, 0.5) is 0 Å². The van der Waals surface area contributed by atoms with Crippen molar-refractivity contribution in [2.24, 2.45) is 0 Å². The molecule has 0 amide bonds. The Morgan fingerprint density at radius 3 is 2.76 bits per heavy atom. The van der Waals surface area contributed by atoms with Crippen molar-refractivity contribution in [3.05, 3.63) is 51.2 Å². The van der Waals surface area contributed by atoms with Gasteiger partial charge in [0.25, 0.3) is 0 Å². The maximum atomic E-state index is 5.92. The van der Waals surface area contributed by atoms with Crippen molar-refractivity contribution < 1.29 is 4.74 Å². The van der Waals surface area contributed by atoms with Crippen LogP contribution in [0, 0.1) is 3.57 Å². The van der Waals surface area contributed by atoms with E-state index in [9.17, 15) is 0 Å². The van der Waals surface area contributed by atoms with Crippen LogP contribution in [-0.4, -0.2) is 11.5 Å². The Kier molecular flexibility index (Phi) is 6.45. The molecule has 0 radical (unpaired) electrons. The molecular weight excluding hydrogens is 375 g/mol. The molecule has 1 heterocycles. The number of halogens is 1. The summed E-state index contributed by atoms with van der Waals surface area (Å²) in [6.07, 6.45) is 2.06. The molecule has 0 bridgehead atoms. The molecule has 0 saturated carbocycles. The van der Waals surface area contributed by atoms with E-state index in [2.05, 4.69) is 52.8 Å². The lowest BCUT2D eigenvalue weighted by Gasteiger charge is -2.10. The number of pyridine rings is 1. The minimum atomic E-state index is 0.677. The largest absolute Gasteiger partial charge is 0.439 e. The van der Waals surface area contributed by atoms with Crippen molar-refractivity contribution in [3.63, 3.8) is 0 Å². The van der Waals surface area contributed by atoms with E-state index in [1.807, 2.05) is 30.3 Å². The van der Waals surface area contributed by atoms with Crippen molar-refractivity contribution in [1.29, 1.82) is 0 Å². The van der Waals surface area contributed by atoms with E-state index in [1.54, 1.807) is 0 Å². The van der Waals surface area contributed by atoms with Crippen LogP contribution in [0.15, 0.2) is 36.4 Å². The highest BCUT2D eigenvalue weighted by Gasteiger charge is 2.05. The maximum Gasteiger partial charge on any atom is 0.219 e. The van der Waals surface area contributed by atoms with Gasteiger partial charge in [-0.05, 0) is 65.4 Å². The lowest BCUT2D eigenvalue weighted by Crippen LogP contribution is -2.12. The average molecular weight is 396 g/mol. The highest BCUT2D eigenvalue weighted by molar-refractivity contribution is 14.1. The van der Waals surface area contributed by atoms with Crippen molar-refractivity contribution in [2.45, 2.75) is 33.2 Å². The van der Waals surface area contributed by atoms with Crippen LogP contribution in [0.5, 0.6) is 11.6 Å². The number of aromatic nitrogens is 1. The summed E-state index contributed by atoms with van der Waals surface area (Å²) in [4.78, 5) is 4.60. The van der Waals surface area contributed by atoms with E-state index in [1.165, 1.54) is 5.56 Å². The fourth-order valence-corrected chi connectivity index (χ4v) is 2.59. The van der Waals surface area contributed by atoms with Crippen LogP contribution in [0.3, 0.4) is 0 Å². The third-order valence-electron chi connectivity index (χ3n) is 3.02. The first-order valence-electron chi connectivity index (χ1n) is 7.35. The van der Waals surface area contributed by atoms with Crippen LogP contribution in [0.2, 0.25) is 0 Å². The van der Waals surface area contributed by atoms with Gasteiger partial charge in [0.1, 0.15) is 5.75 Å². The topological polar surface area (TPSA) is 34.1 Å². The summed E-state index contributed by atoms with van der Waals surface area (Å²) in [6.45, 7) is 6.08. The molecule has 1 N–H and O–H groups in total. The first kappa shape index (κ1) is 16.2. The monoisotopic (exact) mass is 396 g/mol. The zero-order valence-corrected chi connectivity index (χ0v) is 14.7. The number of hydrogen-bond donors (Lipinski definition) is 1. The summed E-state index contributed by atoms with van der Waals surface area (Å²) in [5.74, 6) is 1.51. The highest BCUT2D eigenvalue weighted by Crippen LogP contribution is 2.23. The lowest BCUT2D eigenvalue weighted by atomic mass is 10.1. The molecule has 112 valence electrons. The van der Waals surface area contributed by atoms with Gasteiger partial charge in [-0.1, -0.05) is 26.3 Å². The lowest BCUT2D eigenvalue weighted by molar-refractivity contribution is 0.459. The van der Waals surface area contributed by atoms with Gasteiger partial charge in [-0.15, -0.1) is 0 Å². The van der Waals surface area contributed by atoms with Crippen LogP contribution in [0.25, 0.3) is 0 Å². The quantitative estimate of drug-likeness (QED) is 0.698. The summed E-state index contributed by atoms with van der Waals surface area (Å²) in [5, 5.41) is 3.35. The van der Waals surface area contributed by atoms with Crippen molar-refractivity contribution >= 4 is 22.6 Å². The summed E-state index contributed by atoms with van der Waals surface area (Å²) in [6, 6.07) is 12.2. The van der Waals surface area contributed by atoms with Gasteiger partial charge in [0.2, 0.25) is 5.88 Å². The molecule has 0 aliphatic heterocycles. The smallest absolute Gasteiger partial charge is 0.219 e. The van der Waals surface area contributed by atoms with E-state index in [0.717, 1.165) is 40.9 Å². The Bertz CT molecular complexity index is 587. The zero-order chi connectivity index (χ0) is 15.1. The fourth-order valence-electron chi connectivity index (χ4n) is 2.08. The first-order chi connectivity index (χ1) is 10.2. The van der Waals surface area contributed by atoms with E-state index in [-0.39, 0.29) is 0 Å². The van der Waals surface area contributed by atoms with Crippen LogP contribution >= 0.6 is 22.6 Å². The van der Waals surface area contributed by atoms with Crippen LogP contribution in [0.1, 0.15) is 31.5 Å². The summed E-state index contributed by atoms with van der Waals surface area (Å²) >= 11 is 2.28. The molecular formula is C17H21IN2O. The summed E-state index contributed by atoms with van der Waals surface area (Å²) < 4.78 is 7.08. The van der Waals surface area contributed by atoms with Crippen LogP contribution < -0.4 is 10.1 Å². The molecule has 0 aliphatic carbocycles. The standard InChI is InChI=1S/C17H21IN2O/c1-3-6-15-9-13(12-19-4-2)10-17(20-15)21-16-8-5-7-14(18)11-16/h5,7-11,19H,3-4,6,12H2,1-2H3. The third kappa shape index (κ3) is 5.28. The Morgan fingerprint density at radius 1 is 1.19 bits per heavy atom. The van der Waals surface area contributed by atoms with E-state index in [0.29, 0.717) is 5.88 Å². The van der Waals surface area contributed by atoms with Gasteiger partial charge < -0.3 is 10.1 Å². The molecule has 0 saturated heterocycles. The van der Waals surface area contributed by atoms with Gasteiger partial charge in [0.05, 0.1) is 0 Å². The van der Waals surface area contributed by atoms with Crippen molar-refractivity contribution in [2.75, 3.05) is 6.54 Å². The normalized spacial score (nSPS) is 10.6. The van der Waals surface area contributed by atoms with E-state index >= 15 is 0 Å².